The van der Waals surface area contributed by atoms with Gasteiger partial charge in [0.05, 0.1) is 0 Å². The van der Waals surface area contributed by atoms with Gasteiger partial charge in [0.2, 0.25) is 0 Å². The van der Waals surface area contributed by atoms with E-state index < -0.39 is 0 Å². The van der Waals surface area contributed by atoms with Gasteiger partial charge in [0.1, 0.15) is 11.4 Å². The minimum atomic E-state index is -0.184. The minimum absolute atomic E-state index is 0.184. The number of nitrogens with one attached hydrogen (secondary N) is 2. The van der Waals surface area contributed by atoms with Crippen molar-refractivity contribution in [2.24, 2.45) is 4.99 Å². The molecule has 1 aromatic rings. The zero-order valence-corrected chi connectivity index (χ0v) is 12.0. The van der Waals surface area contributed by atoms with E-state index in [9.17, 15) is 0 Å². The van der Waals surface area contributed by atoms with Crippen molar-refractivity contribution in [2.75, 3.05) is 13.1 Å². The highest BCUT2D eigenvalue weighted by atomic mass is 16.5. The number of guanidine groups is 1. The number of aliphatic imine (C=N–C) groups is 1. The predicted molar refractivity (Wildman–Crippen MR) is 78.6 cm³/mol. The van der Waals surface area contributed by atoms with Crippen LogP contribution in [-0.4, -0.2) is 24.7 Å². The van der Waals surface area contributed by atoms with Crippen LogP contribution in [0.3, 0.4) is 0 Å². The first-order chi connectivity index (χ1) is 9.04. The standard InChI is InChI=1S/C15H23N3O/c1-15(2,3)19-13-8-5-4-7-12(13)11-18-14-16-9-6-10-17-14/h4-5,7-8H,6,9-11H2,1-3H3,(H2,16,17,18). The third kappa shape index (κ3) is 4.47. The summed E-state index contributed by atoms with van der Waals surface area (Å²) in [5.74, 6) is 1.82. The molecule has 0 bridgehead atoms. The molecule has 0 aliphatic carbocycles. The Balaban J connectivity index is 2.01. The fourth-order valence-corrected chi connectivity index (χ4v) is 1.91. The molecular formula is C15H23N3O. The maximum absolute atomic E-state index is 5.97. The first-order valence-corrected chi connectivity index (χ1v) is 6.84. The lowest BCUT2D eigenvalue weighted by atomic mass is 10.1. The van der Waals surface area contributed by atoms with Crippen LogP contribution in [0.1, 0.15) is 32.8 Å². The van der Waals surface area contributed by atoms with E-state index in [0.717, 1.165) is 43.3 Å². The zero-order chi connectivity index (χ0) is 13.7. The van der Waals surface area contributed by atoms with Crippen LogP contribution in [-0.2, 0) is 6.54 Å². The summed E-state index contributed by atoms with van der Waals surface area (Å²) in [6.45, 7) is 8.79. The van der Waals surface area contributed by atoms with E-state index >= 15 is 0 Å². The maximum atomic E-state index is 5.97. The highest BCUT2D eigenvalue weighted by Crippen LogP contribution is 2.22. The Labute approximate surface area is 115 Å². The predicted octanol–water partition coefficient (Wildman–Crippen LogP) is 2.30. The molecule has 2 rings (SSSR count). The van der Waals surface area contributed by atoms with Crippen molar-refractivity contribution in [1.29, 1.82) is 0 Å². The van der Waals surface area contributed by atoms with Crippen molar-refractivity contribution >= 4 is 5.96 Å². The van der Waals surface area contributed by atoms with Gasteiger partial charge in [-0.25, -0.2) is 0 Å². The number of ether oxygens (including phenoxy) is 1. The monoisotopic (exact) mass is 261 g/mol. The molecule has 104 valence electrons. The van der Waals surface area contributed by atoms with Gasteiger partial charge in [0.15, 0.2) is 5.96 Å². The van der Waals surface area contributed by atoms with Crippen molar-refractivity contribution < 1.29 is 4.74 Å². The summed E-state index contributed by atoms with van der Waals surface area (Å²) in [4.78, 5) is 4.40. The Morgan fingerprint density at radius 1 is 1.32 bits per heavy atom. The number of hydrogen-bond donors (Lipinski definition) is 2. The number of hydrogen-bond acceptors (Lipinski definition) is 4. The molecule has 19 heavy (non-hydrogen) atoms. The highest BCUT2D eigenvalue weighted by Gasteiger charge is 2.14. The van der Waals surface area contributed by atoms with Gasteiger partial charge < -0.3 is 15.4 Å². The van der Waals surface area contributed by atoms with Crippen LogP contribution in [0.4, 0.5) is 0 Å². The molecule has 1 aromatic carbocycles. The fourth-order valence-electron chi connectivity index (χ4n) is 1.91. The Hall–Kier alpha value is -1.71. The van der Waals surface area contributed by atoms with Crippen LogP contribution in [0.5, 0.6) is 5.75 Å². The van der Waals surface area contributed by atoms with Crippen LogP contribution in [0, 0.1) is 0 Å². The average Bonchev–Trinajstić information content (AvgIpc) is 2.37. The first-order valence-electron chi connectivity index (χ1n) is 6.84. The summed E-state index contributed by atoms with van der Waals surface area (Å²) in [5, 5.41) is 6.58. The molecule has 0 unspecified atom stereocenters. The van der Waals surface area contributed by atoms with Crippen LogP contribution in [0.25, 0.3) is 0 Å². The van der Waals surface area contributed by atoms with Gasteiger partial charge >= 0.3 is 0 Å². The van der Waals surface area contributed by atoms with Crippen molar-refractivity contribution in [2.45, 2.75) is 39.3 Å². The van der Waals surface area contributed by atoms with E-state index in [-0.39, 0.29) is 5.60 Å². The second-order valence-electron chi connectivity index (χ2n) is 5.69. The van der Waals surface area contributed by atoms with Gasteiger partial charge in [0, 0.05) is 25.2 Å². The molecule has 0 fully saturated rings. The molecule has 0 atom stereocenters. The molecular weight excluding hydrogens is 238 g/mol. The molecule has 0 saturated heterocycles. The topological polar surface area (TPSA) is 45.6 Å². The fraction of sp³-hybridized carbons (Fsp3) is 0.533. The second-order valence-corrected chi connectivity index (χ2v) is 5.69. The van der Waals surface area contributed by atoms with Crippen molar-refractivity contribution in [3.63, 3.8) is 0 Å². The molecule has 1 aliphatic heterocycles. The lowest BCUT2D eigenvalue weighted by Crippen LogP contribution is -2.40. The largest absolute Gasteiger partial charge is 0.488 e. The van der Waals surface area contributed by atoms with Gasteiger partial charge in [-0.1, -0.05) is 18.2 Å². The summed E-state index contributed by atoms with van der Waals surface area (Å²) in [6.07, 6.45) is 1.11. The van der Waals surface area contributed by atoms with Crippen molar-refractivity contribution in [1.82, 2.24) is 10.6 Å². The van der Waals surface area contributed by atoms with Gasteiger partial charge in [-0.05, 0) is 33.3 Å². The molecule has 0 spiro atoms. The summed E-state index contributed by atoms with van der Waals surface area (Å²) in [5.41, 5.74) is 0.962. The molecule has 0 saturated carbocycles. The number of rotatable bonds is 3. The zero-order valence-electron chi connectivity index (χ0n) is 12.0. The Morgan fingerprint density at radius 3 is 2.79 bits per heavy atom. The quantitative estimate of drug-likeness (QED) is 0.877. The van der Waals surface area contributed by atoms with E-state index in [4.69, 9.17) is 4.74 Å². The third-order valence-corrected chi connectivity index (χ3v) is 2.73. The lowest BCUT2D eigenvalue weighted by Gasteiger charge is -2.24. The summed E-state index contributed by atoms with van der Waals surface area (Å²) in [7, 11) is 0. The van der Waals surface area contributed by atoms with E-state index in [1.807, 2.05) is 18.2 Å². The van der Waals surface area contributed by atoms with Crippen LogP contribution in [0.15, 0.2) is 29.3 Å². The third-order valence-electron chi connectivity index (χ3n) is 2.73. The van der Waals surface area contributed by atoms with Crippen LogP contribution >= 0.6 is 0 Å². The normalized spacial score (nSPS) is 15.4. The van der Waals surface area contributed by atoms with Gasteiger partial charge in [-0.2, -0.15) is 0 Å². The molecule has 0 amide bonds. The van der Waals surface area contributed by atoms with E-state index in [0.29, 0.717) is 0 Å². The first kappa shape index (κ1) is 13.7. The number of para-hydroxylation sites is 1. The van der Waals surface area contributed by atoms with Crippen molar-refractivity contribution in [3.8, 4) is 5.75 Å². The second kappa shape index (κ2) is 5.95. The summed E-state index contributed by atoms with van der Waals surface area (Å²) in [6, 6.07) is 8.12. The molecule has 1 heterocycles. The van der Waals surface area contributed by atoms with Gasteiger partial charge in [0.25, 0.3) is 0 Å². The summed E-state index contributed by atoms with van der Waals surface area (Å²) < 4.78 is 5.97. The molecule has 4 heteroatoms. The van der Waals surface area contributed by atoms with Crippen molar-refractivity contribution in [3.05, 3.63) is 29.8 Å². The average molecular weight is 261 g/mol. The molecule has 4 nitrogen and oxygen atoms in total. The Kier molecular flexibility index (Phi) is 4.30. The molecule has 2 N–H and O–H groups in total. The van der Waals surface area contributed by atoms with Crippen LogP contribution in [0.2, 0.25) is 0 Å². The van der Waals surface area contributed by atoms with E-state index in [1.165, 1.54) is 0 Å². The van der Waals surface area contributed by atoms with E-state index in [2.05, 4.69) is 42.5 Å². The summed E-state index contributed by atoms with van der Waals surface area (Å²) >= 11 is 0. The molecule has 0 radical (unpaired) electrons. The molecule has 1 aliphatic rings. The Morgan fingerprint density at radius 2 is 2.11 bits per heavy atom. The minimum Gasteiger partial charge on any atom is -0.488 e. The van der Waals surface area contributed by atoms with E-state index in [1.54, 1.807) is 0 Å². The number of benzene rings is 1. The van der Waals surface area contributed by atoms with Gasteiger partial charge in [-0.15, -0.1) is 0 Å². The smallest absolute Gasteiger partial charge is 0.191 e. The maximum Gasteiger partial charge on any atom is 0.191 e. The Bertz CT molecular complexity index is 449. The lowest BCUT2D eigenvalue weighted by molar-refractivity contribution is 0.129. The molecule has 0 aromatic heterocycles. The van der Waals surface area contributed by atoms with Gasteiger partial charge in [-0.3, -0.25) is 4.99 Å². The van der Waals surface area contributed by atoms with Crippen LogP contribution < -0.4 is 15.4 Å². The SMILES string of the molecule is CC(C)(C)Oc1ccccc1CNC1=NCCCN1. The number of nitrogens with zero attached hydrogens (tertiary/aromatic N) is 1. The highest BCUT2D eigenvalue weighted by molar-refractivity contribution is 5.80.